The van der Waals surface area contributed by atoms with Gasteiger partial charge in [-0.1, -0.05) is 65.7 Å². The summed E-state index contributed by atoms with van der Waals surface area (Å²) in [5.41, 5.74) is 9.30. The number of hydrogen-bond donors (Lipinski definition) is 4. The second kappa shape index (κ2) is 15.4. The Kier molecular flexibility index (Phi) is 12.6. The number of pyridine rings is 2. The number of halogens is 2. The number of fused-ring (bicyclic) bond motifs is 3. The zero-order valence-corrected chi connectivity index (χ0v) is 24.9. The van der Waals surface area contributed by atoms with Gasteiger partial charge in [-0.2, -0.15) is 8.42 Å². The number of nitrogens with zero attached hydrogens (tertiary/aromatic N) is 3. The van der Waals surface area contributed by atoms with E-state index in [0.717, 1.165) is 33.0 Å². The third-order valence-electron chi connectivity index (χ3n) is 4.89. The van der Waals surface area contributed by atoms with E-state index in [-0.39, 0.29) is 6.61 Å². The standard InChI is InChI=1S/C12H11ClN2O.C11H6ClNO.C4H9NO2.H2O4S/c13-11-6-5-10(12(14)15-11)9-4-2-1-3-8(9)7-16;12-10-6-5-8-7-3-1-2-4-9(7)14-11(8)13-10;1-4(2,3)7-5-6;1-5(2,3)4/h1-6,16H,7H2,(H2,14,15);1-6H;1-3H3;(H2,1,2,3,4). The highest BCUT2D eigenvalue weighted by Crippen LogP contribution is 2.29. The number of aromatic nitrogens is 2. The smallest absolute Gasteiger partial charge is 0.394 e. The lowest BCUT2D eigenvalue weighted by molar-refractivity contribution is -0.00230. The largest absolute Gasteiger partial charge is 0.438 e. The van der Waals surface area contributed by atoms with Crippen molar-refractivity contribution in [3.05, 3.63) is 93.6 Å². The molecule has 0 amide bonds. The summed E-state index contributed by atoms with van der Waals surface area (Å²) < 4.78 is 37.1. The van der Waals surface area contributed by atoms with E-state index in [2.05, 4.69) is 20.1 Å². The molecule has 3 heterocycles. The highest BCUT2D eigenvalue weighted by atomic mass is 35.5. The van der Waals surface area contributed by atoms with Crippen molar-refractivity contribution < 1.29 is 31.9 Å². The van der Waals surface area contributed by atoms with Gasteiger partial charge >= 0.3 is 10.4 Å². The van der Waals surface area contributed by atoms with Crippen molar-refractivity contribution in [3.8, 4) is 11.1 Å². The van der Waals surface area contributed by atoms with E-state index < -0.39 is 16.0 Å². The molecule has 0 spiro atoms. The van der Waals surface area contributed by atoms with E-state index in [4.69, 9.17) is 50.9 Å². The maximum Gasteiger partial charge on any atom is 0.394 e. The Morgan fingerprint density at radius 1 is 0.881 bits per heavy atom. The second-order valence-corrected chi connectivity index (χ2v) is 10.9. The van der Waals surface area contributed by atoms with Crippen molar-refractivity contribution in [2.24, 2.45) is 5.34 Å². The van der Waals surface area contributed by atoms with Crippen LogP contribution in [-0.2, 0) is 21.8 Å². The van der Waals surface area contributed by atoms with Gasteiger partial charge in [0.05, 0.1) is 6.61 Å². The number of furan rings is 1. The van der Waals surface area contributed by atoms with Crippen LogP contribution in [0.1, 0.15) is 26.3 Å². The number of anilines is 1. The number of nitrogen functional groups attached to an aromatic ring is 1. The summed E-state index contributed by atoms with van der Waals surface area (Å²) in [6.45, 7) is 5.25. The number of benzene rings is 2. The number of hydrogen-bond acceptors (Lipinski definition) is 10. The molecule has 5 aromatic rings. The van der Waals surface area contributed by atoms with Crippen LogP contribution in [-0.4, -0.2) is 38.2 Å². The summed E-state index contributed by atoms with van der Waals surface area (Å²) in [6, 6.07) is 22.5. The molecule has 0 saturated carbocycles. The van der Waals surface area contributed by atoms with E-state index in [1.54, 1.807) is 39.0 Å². The average molecular weight is 640 g/mol. The van der Waals surface area contributed by atoms with Crippen molar-refractivity contribution >= 4 is 61.5 Å². The molecule has 15 heteroatoms. The van der Waals surface area contributed by atoms with Crippen molar-refractivity contribution in [3.63, 3.8) is 0 Å². The first-order chi connectivity index (χ1) is 19.6. The molecule has 0 saturated heterocycles. The first-order valence-electron chi connectivity index (χ1n) is 11.9. The summed E-state index contributed by atoms with van der Waals surface area (Å²) in [5, 5.41) is 14.4. The van der Waals surface area contributed by atoms with Crippen LogP contribution in [0.2, 0.25) is 10.3 Å². The van der Waals surface area contributed by atoms with E-state index in [1.807, 2.05) is 54.6 Å². The van der Waals surface area contributed by atoms with Crippen molar-refractivity contribution in [1.82, 2.24) is 9.97 Å². The number of nitrogens with two attached hydrogens (primary N) is 1. The third-order valence-corrected chi connectivity index (χ3v) is 5.31. The minimum Gasteiger partial charge on any atom is -0.438 e. The Bertz CT molecular complexity index is 1730. The zero-order chi connectivity index (χ0) is 31.5. The number of aliphatic hydroxyl groups is 1. The predicted molar refractivity (Wildman–Crippen MR) is 162 cm³/mol. The molecule has 0 unspecified atom stereocenters. The molecule has 5 N–H and O–H groups in total. The minimum atomic E-state index is -4.67. The van der Waals surface area contributed by atoms with Gasteiger partial charge in [0.2, 0.25) is 5.71 Å². The SMILES string of the molecule is CC(C)(C)ON=O.Clc1ccc2c(n1)oc1ccccc12.Nc1nc(Cl)ccc1-c1ccccc1CO.O=S(=O)(O)O. The van der Waals surface area contributed by atoms with Gasteiger partial charge in [0.1, 0.15) is 27.3 Å². The normalized spacial score (nSPS) is 10.9. The lowest BCUT2D eigenvalue weighted by Gasteiger charge is -2.11. The van der Waals surface area contributed by atoms with Crippen molar-refractivity contribution in [1.29, 1.82) is 0 Å². The molecule has 3 aromatic heterocycles. The summed E-state index contributed by atoms with van der Waals surface area (Å²) in [7, 11) is -4.67. The highest BCUT2D eigenvalue weighted by Gasteiger charge is 2.10. The molecule has 0 aliphatic carbocycles. The van der Waals surface area contributed by atoms with Crippen molar-refractivity contribution in [2.45, 2.75) is 33.0 Å². The predicted octanol–water partition coefficient (Wildman–Crippen LogP) is 6.94. The summed E-state index contributed by atoms with van der Waals surface area (Å²) >= 11 is 11.5. The van der Waals surface area contributed by atoms with Gasteiger partial charge in [0.25, 0.3) is 0 Å². The molecule has 42 heavy (non-hydrogen) atoms. The first-order valence-corrected chi connectivity index (χ1v) is 14.0. The maximum absolute atomic E-state index is 9.35. The van der Waals surface area contributed by atoms with Crippen LogP contribution in [0.25, 0.3) is 33.2 Å². The van der Waals surface area contributed by atoms with Crippen LogP contribution in [0, 0.1) is 4.91 Å². The van der Waals surface area contributed by atoms with E-state index in [9.17, 15) is 10.0 Å². The molecule has 12 nitrogen and oxygen atoms in total. The van der Waals surface area contributed by atoms with Crippen LogP contribution >= 0.6 is 23.2 Å². The van der Waals surface area contributed by atoms with Crippen LogP contribution in [0.15, 0.2) is 82.6 Å². The van der Waals surface area contributed by atoms with Crippen LogP contribution in [0.5, 0.6) is 0 Å². The molecular formula is C27H28Cl2N4O8S. The van der Waals surface area contributed by atoms with Crippen LogP contribution in [0.3, 0.4) is 0 Å². The lowest BCUT2D eigenvalue weighted by atomic mass is 10.0. The third kappa shape index (κ3) is 11.6. The molecule has 0 fully saturated rings. The molecule has 2 aromatic carbocycles. The molecule has 0 bridgehead atoms. The number of para-hydroxylation sites is 1. The summed E-state index contributed by atoms with van der Waals surface area (Å²) in [5.74, 6) is 0.369. The molecule has 0 aliphatic rings. The van der Waals surface area contributed by atoms with Gasteiger partial charge in [-0.25, -0.2) is 9.97 Å². The quantitative estimate of drug-likeness (QED) is 0.0690. The van der Waals surface area contributed by atoms with Crippen LogP contribution in [0.4, 0.5) is 5.82 Å². The van der Waals surface area contributed by atoms with Crippen LogP contribution < -0.4 is 5.73 Å². The summed E-state index contributed by atoms with van der Waals surface area (Å²) in [6.07, 6.45) is 0. The maximum atomic E-state index is 9.35. The van der Waals surface area contributed by atoms with Gasteiger partial charge in [0.15, 0.2) is 5.34 Å². The Hall–Kier alpha value is -3.85. The fourth-order valence-corrected chi connectivity index (χ4v) is 3.59. The summed E-state index contributed by atoms with van der Waals surface area (Å²) in [4.78, 5) is 21.7. The second-order valence-electron chi connectivity index (χ2n) is 9.19. The molecule has 0 aliphatic heterocycles. The van der Waals surface area contributed by atoms with Gasteiger partial charge in [-0.05, 0) is 62.2 Å². The molecular weight excluding hydrogens is 611 g/mol. The fraction of sp³-hybridized carbons (Fsp3) is 0.185. The fourth-order valence-electron chi connectivity index (χ4n) is 3.29. The van der Waals surface area contributed by atoms with E-state index >= 15 is 0 Å². The van der Waals surface area contributed by atoms with Gasteiger partial charge < -0.3 is 20.1 Å². The number of aliphatic hydroxyl groups excluding tert-OH is 1. The number of rotatable bonds is 3. The Labute approximate surface area is 251 Å². The van der Waals surface area contributed by atoms with E-state index in [0.29, 0.717) is 21.8 Å². The van der Waals surface area contributed by atoms with Gasteiger partial charge in [0, 0.05) is 16.3 Å². The van der Waals surface area contributed by atoms with Gasteiger partial charge in [-0.15, -0.1) is 4.91 Å². The minimum absolute atomic E-state index is 0.0295. The van der Waals surface area contributed by atoms with Crippen molar-refractivity contribution in [2.75, 3.05) is 5.73 Å². The molecule has 0 atom stereocenters. The van der Waals surface area contributed by atoms with E-state index in [1.165, 1.54) is 0 Å². The monoisotopic (exact) mass is 638 g/mol. The molecule has 5 rings (SSSR count). The highest BCUT2D eigenvalue weighted by molar-refractivity contribution is 7.79. The molecule has 0 radical (unpaired) electrons. The first kappa shape index (κ1) is 34.4. The topological polar surface area (TPSA) is 198 Å². The Balaban J connectivity index is 0.000000216. The average Bonchev–Trinajstić information content (AvgIpc) is 3.25. The van der Waals surface area contributed by atoms with Gasteiger partial charge in [-0.3, -0.25) is 9.11 Å². The Morgan fingerprint density at radius 3 is 2.02 bits per heavy atom. The Morgan fingerprint density at radius 2 is 1.45 bits per heavy atom. The molecule has 224 valence electrons. The lowest BCUT2D eigenvalue weighted by Crippen LogP contribution is -2.14. The zero-order valence-electron chi connectivity index (χ0n) is 22.6.